The Labute approximate surface area is 158 Å². The van der Waals surface area contributed by atoms with Crippen molar-refractivity contribution >= 4 is 23.4 Å². The minimum absolute atomic E-state index is 0.00693. The number of nitrogens with zero attached hydrogens (tertiary/aromatic N) is 3. The highest BCUT2D eigenvalue weighted by Gasteiger charge is 2.38. The summed E-state index contributed by atoms with van der Waals surface area (Å²) in [5, 5.41) is 2.90. The number of pyridine rings is 1. The van der Waals surface area contributed by atoms with E-state index in [0.29, 0.717) is 26.1 Å². The highest BCUT2D eigenvalue weighted by Crippen LogP contribution is 2.20. The number of hydrogen-bond donors (Lipinski definition) is 3. The summed E-state index contributed by atoms with van der Waals surface area (Å²) in [6.45, 7) is 3.41. The van der Waals surface area contributed by atoms with Gasteiger partial charge in [0.05, 0.1) is 13.1 Å². The minimum atomic E-state index is -0.573. The molecule has 4 N–H and O–H groups in total. The molecule has 1 saturated heterocycles. The Morgan fingerprint density at radius 2 is 1.78 bits per heavy atom. The number of para-hydroxylation sites is 1. The summed E-state index contributed by atoms with van der Waals surface area (Å²) >= 11 is 0. The molecule has 2 aromatic rings. The maximum Gasteiger partial charge on any atom is 0.356 e. The van der Waals surface area contributed by atoms with Crippen LogP contribution in [0.3, 0.4) is 0 Å². The van der Waals surface area contributed by atoms with Crippen molar-refractivity contribution in [1.29, 1.82) is 0 Å². The maximum atomic E-state index is 12.1. The van der Waals surface area contributed by atoms with Crippen LogP contribution in [0, 0.1) is 0 Å². The van der Waals surface area contributed by atoms with Gasteiger partial charge in [-0.25, -0.2) is 9.78 Å². The predicted octanol–water partition coefficient (Wildman–Crippen LogP) is 1.32. The molecule has 0 spiro atoms. The highest BCUT2D eigenvalue weighted by molar-refractivity contribution is 5.90. The van der Waals surface area contributed by atoms with E-state index < -0.39 is 6.03 Å². The SMILES string of the molecule is NC(=O)N[N+]1(c2ccccn2)CCN(CCC(=O)Nc2ccccc2)CC1. The number of hydrogen-bond acceptors (Lipinski definition) is 4. The number of nitrogens with two attached hydrogens (primary N) is 1. The molecule has 0 unspecified atom stereocenters. The van der Waals surface area contributed by atoms with E-state index in [2.05, 4.69) is 20.6 Å². The second-order valence-corrected chi connectivity index (χ2v) is 6.58. The van der Waals surface area contributed by atoms with Crippen molar-refractivity contribution < 1.29 is 9.59 Å². The van der Waals surface area contributed by atoms with Crippen LogP contribution in [0.25, 0.3) is 0 Å². The third-order valence-corrected chi connectivity index (χ3v) is 4.72. The molecule has 8 nitrogen and oxygen atoms in total. The lowest BCUT2D eigenvalue weighted by Gasteiger charge is -2.41. The molecule has 1 fully saturated rings. The average Bonchev–Trinajstić information content (AvgIpc) is 2.68. The standard InChI is InChI=1S/C19H24N6O2/c20-19(27)23-25(17-8-4-5-10-21-17)14-12-24(13-15-25)11-9-18(26)22-16-6-2-1-3-7-16/h1-8,10H,9,11-15H2,(H3-,20,22,23,26,27)/p+1. The van der Waals surface area contributed by atoms with Crippen molar-refractivity contribution in [2.45, 2.75) is 6.42 Å². The van der Waals surface area contributed by atoms with Crippen LogP contribution >= 0.6 is 0 Å². The number of rotatable bonds is 6. The first-order chi connectivity index (χ1) is 13.1. The van der Waals surface area contributed by atoms with Crippen molar-refractivity contribution in [1.82, 2.24) is 19.9 Å². The lowest BCUT2D eigenvalue weighted by molar-refractivity contribution is -0.116. The lowest BCUT2D eigenvalue weighted by Crippen LogP contribution is -2.70. The van der Waals surface area contributed by atoms with Gasteiger partial charge in [-0.2, -0.15) is 10.0 Å². The van der Waals surface area contributed by atoms with E-state index >= 15 is 0 Å². The van der Waals surface area contributed by atoms with Gasteiger partial charge in [0.25, 0.3) is 5.82 Å². The second kappa shape index (κ2) is 8.61. The zero-order valence-electron chi connectivity index (χ0n) is 15.2. The molecular weight excluding hydrogens is 344 g/mol. The first-order valence-corrected chi connectivity index (χ1v) is 9.01. The van der Waals surface area contributed by atoms with Crippen LogP contribution in [0.5, 0.6) is 0 Å². The van der Waals surface area contributed by atoms with Gasteiger partial charge in [-0.1, -0.05) is 24.3 Å². The number of amides is 3. The number of primary amides is 1. The summed E-state index contributed by atoms with van der Waals surface area (Å²) in [5.41, 5.74) is 9.03. The highest BCUT2D eigenvalue weighted by atomic mass is 16.2. The van der Waals surface area contributed by atoms with Crippen LogP contribution in [0.2, 0.25) is 0 Å². The number of nitrogens with one attached hydrogen (secondary N) is 2. The fraction of sp³-hybridized carbons (Fsp3) is 0.316. The Bertz CT molecular complexity index is 760. The van der Waals surface area contributed by atoms with Crippen LogP contribution in [-0.4, -0.2) is 54.5 Å². The first kappa shape index (κ1) is 18.8. The van der Waals surface area contributed by atoms with Gasteiger partial charge in [0.15, 0.2) is 0 Å². The largest absolute Gasteiger partial charge is 0.356 e. The van der Waals surface area contributed by atoms with E-state index in [1.54, 1.807) is 6.20 Å². The van der Waals surface area contributed by atoms with E-state index in [1.807, 2.05) is 48.5 Å². The first-order valence-electron chi connectivity index (χ1n) is 9.01. The van der Waals surface area contributed by atoms with Crippen LogP contribution in [0.15, 0.2) is 54.7 Å². The van der Waals surface area contributed by atoms with Gasteiger partial charge in [0.2, 0.25) is 5.91 Å². The molecule has 3 rings (SSSR count). The molecule has 0 radical (unpaired) electrons. The fourth-order valence-electron chi connectivity index (χ4n) is 3.29. The molecule has 0 bridgehead atoms. The molecule has 2 heterocycles. The Morgan fingerprint density at radius 3 is 2.41 bits per heavy atom. The molecule has 0 atom stereocenters. The smallest absolute Gasteiger partial charge is 0.348 e. The summed E-state index contributed by atoms with van der Waals surface area (Å²) in [6, 6.07) is 14.5. The van der Waals surface area contributed by atoms with Crippen molar-refractivity contribution in [2.24, 2.45) is 5.73 Å². The molecular formula is C19H25N6O2+. The third-order valence-electron chi connectivity index (χ3n) is 4.72. The number of urea groups is 1. The quantitative estimate of drug-likeness (QED) is 0.669. The van der Waals surface area contributed by atoms with E-state index in [9.17, 15) is 9.59 Å². The molecule has 3 amide bonds. The van der Waals surface area contributed by atoms with Gasteiger partial charge >= 0.3 is 6.03 Å². The third kappa shape index (κ3) is 5.02. The fourth-order valence-corrected chi connectivity index (χ4v) is 3.29. The number of carbonyl (C=O) groups excluding carboxylic acids is 2. The number of carbonyl (C=O) groups is 2. The predicted molar refractivity (Wildman–Crippen MR) is 105 cm³/mol. The summed E-state index contributed by atoms with van der Waals surface area (Å²) in [7, 11) is 0. The number of benzene rings is 1. The zero-order valence-corrected chi connectivity index (χ0v) is 15.2. The zero-order chi connectivity index (χ0) is 19.1. The molecule has 0 aliphatic carbocycles. The van der Waals surface area contributed by atoms with Crippen molar-refractivity contribution in [3.8, 4) is 0 Å². The lowest BCUT2D eigenvalue weighted by atomic mass is 10.2. The van der Waals surface area contributed by atoms with E-state index in [1.165, 1.54) is 0 Å². The van der Waals surface area contributed by atoms with E-state index in [0.717, 1.165) is 24.6 Å². The number of quaternary nitrogens is 1. The van der Waals surface area contributed by atoms with Crippen LogP contribution in [0.4, 0.5) is 16.3 Å². The molecule has 1 aromatic carbocycles. The molecule has 142 valence electrons. The van der Waals surface area contributed by atoms with E-state index in [-0.39, 0.29) is 10.5 Å². The molecule has 8 heteroatoms. The number of anilines is 1. The Kier molecular flexibility index (Phi) is 6.00. The van der Waals surface area contributed by atoms with Crippen LogP contribution < -0.4 is 21.1 Å². The monoisotopic (exact) mass is 369 g/mol. The summed E-state index contributed by atoms with van der Waals surface area (Å²) in [5.74, 6) is 0.755. The summed E-state index contributed by atoms with van der Waals surface area (Å²) < 4.78 is 0.225. The van der Waals surface area contributed by atoms with Crippen LogP contribution in [-0.2, 0) is 4.79 Å². The molecule has 1 aliphatic rings. The summed E-state index contributed by atoms with van der Waals surface area (Å²) in [4.78, 5) is 30.2. The number of aromatic nitrogens is 1. The molecule has 1 aromatic heterocycles. The average molecular weight is 369 g/mol. The van der Waals surface area contributed by atoms with Gasteiger partial charge in [0, 0.05) is 30.9 Å². The van der Waals surface area contributed by atoms with Crippen molar-refractivity contribution in [3.05, 3.63) is 54.7 Å². The van der Waals surface area contributed by atoms with Gasteiger partial charge < -0.3 is 11.1 Å². The summed E-state index contributed by atoms with van der Waals surface area (Å²) in [6.07, 6.45) is 2.13. The number of piperazine rings is 1. The minimum Gasteiger partial charge on any atom is -0.348 e. The molecule has 1 aliphatic heterocycles. The maximum absolute atomic E-state index is 12.1. The van der Waals surface area contributed by atoms with Crippen molar-refractivity contribution in [2.75, 3.05) is 38.0 Å². The van der Waals surface area contributed by atoms with Gasteiger partial charge in [0.1, 0.15) is 13.1 Å². The van der Waals surface area contributed by atoms with Gasteiger partial charge in [-0.3, -0.25) is 9.69 Å². The van der Waals surface area contributed by atoms with Crippen LogP contribution in [0.1, 0.15) is 6.42 Å². The van der Waals surface area contributed by atoms with E-state index in [4.69, 9.17) is 5.73 Å². The molecule has 0 saturated carbocycles. The van der Waals surface area contributed by atoms with Gasteiger partial charge in [-0.15, -0.1) is 0 Å². The normalized spacial score (nSPS) is 16.4. The van der Waals surface area contributed by atoms with Crippen molar-refractivity contribution in [3.63, 3.8) is 0 Å². The Morgan fingerprint density at radius 1 is 1.07 bits per heavy atom. The Balaban J connectivity index is 1.54. The second-order valence-electron chi connectivity index (χ2n) is 6.58. The van der Waals surface area contributed by atoms with Gasteiger partial charge in [-0.05, 0) is 18.2 Å². The molecule has 27 heavy (non-hydrogen) atoms. The Hall–Kier alpha value is -2.97. The topological polar surface area (TPSA) is 100 Å².